The third kappa shape index (κ3) is 4.64. The molecule has 0 radical (unpaired) electrons. The average Bonchev–Trinajstić information content (AvgIpc) is 2.75. The maximum Gasteiger partial charge on any atom is 0.238 e. The highest BCUT2D eigenvalue weighted by Gasteiger charge is 2.15. The van der Waals surface area contributed by atoms with Gasteiger partial charge in [0.25, 0.3) is 0 Å². The first kappa shape index (κ1) is 17.2. The van der Waals surface area contributed by atoms with Crippen LogP contribution in [-0.2, 0) is 18.4 Å². The smallest absolute Gasteiger partial charge is 0.238 e. The summed E-state index contributed by atoms with van der Waals surface area (Å²) in [6.45, 7) is 5.12. The topological polar surface area (TPSA) is 70.4 Å². The minimum Gasteiger partial charge on any atom is -0.395 e. The summed E-state index contributed by atoms with van der Waals surface area (Å²) in [6.07, 6.45) is 0. The van der Waals surface area contributed by atoms with Crippen molar-refractivity contribution in [2.75, 3.05) is 25.0 Å². The van der Waals surface area contributed by atoms with Gasteiger partial charge < -0.3 is 10.4 Å². The largest absolute Gasteiger partial charge is 0.395 e. The van der Waals surface area contributed by atoms with Crippen LogP contribution in [0, 0.1) is 13.8 Å². The van der Waals surface area contributed by atoms with Gasteiger partial charge in [0.05, 0.1) is 30.2 Å². The zero-order chi connectivity index (χ0) is 16.8. The van der Waals surface area contributed by atoms with Crippen LogP contribution in [0.5, 0.6) is 0 Å². The lowest BCUT2D eigenvalue weighted by Crippen LogP contribution is -2.35. The summed E-state index contributed by atoms with van der Waals surface area (Å²) in [7, 11) is 1.85. The third-order valence-corrected chi connectivity index (χ3v) is 3.81. The van der Waals surface area contributed by atoms with Gasteiger partial charge in [-0.15, -0.1) is 0 Å². The Balaban J connectivity index is 2.00. The molecule has 0 aliphatic heterocycles. The minimum absolute atomic E-state index is 0.0189. The predicted molar refractivity (Wildman–Crippen MR) is 90.1 cm³/mol. The monoisotopic (exact) mass is 316 g/mol. The summed E-state index contributed by atoms with van der Waals surface area (Å²) in [5.74, 6) is -0.103. The minimum atomic E-state index is -0.103. The zero-order valence-electron chi connectivity index (χ0n) is 13.9. The summed E-state index contributed by atoms with van der Waals surface area (Å²) < 4.78 is 1.75. The maximum absolute atomic E-state index is 12.3. The summed E-state index contributed by atoms with van der Waals surface area (Å²) >= 11 is 0. The molecule has 0 fully saturated rings. The summed E-state index contributed by atoms with van der Waals surface area (Å²) in [6, 6.07) is 9.92. The number of anilines is 1. The quantitative estimate of drug-likeness (QED) is 0.811. The molecule has 0 unspecified atom stereocenters. The Hall–Kier alpha value is -2.18. The Labute approximate surface area is 136 Å². The van der Waals surface area contributed by atoms with E-state index in [1.54, 1.807) is 4.68 Å². The molecule has 0 saturated heterocycles. The molecular weight excluding hydrogens is 292 g/mol. The highest BCUT2D eigenvalue weighted by Crippen LogP contribution is 2.18. The number of aryl methyl sites for hydroxylation is 2. The number of aliphatic hydroxyl groups excluding tert-OH is 1. The number of hydrogen-bond donors (Lipinski definition) is 2. The molecule has 1 amide bonds. The number of hydrogen-bond acceptors (Lipinski definition) is 4. The van der Waals surface area contributed by atoms with Gasteiger partial charge in [0, 0.05) is 20.1 Å². The standard InChI is InChI=1S/C17H24N4O2/c1-13-17(14(2)20(3)19-13)18-16(23)12-21(9-10-22)11-15-7-5-4-6-8-15/h4-8,22H,9-12H2,1-3H3,(H,18,23). The predicted octanol–water partition coefficient (Wildman–Crippen LogP) is 1.47. The van der Waals surface area contributed by atoms with Gasteiger partial charge in [0.15, 0.2) is 0 Å². The maximum atomic E-state index is 12.3. The van der Waals surface area contributed by atoms with Crippen molar-refractivity contribution >= 4 is 11.6 Å². The van der Waals surface area contributed by atoms with E-state index in [1.165, 1.54) is 0 Å². The first-order valence-corrected chi connectivity index (χ1v) is 7.68. The van der Waals surface area contributed by atoms with Crippen molar-refractivity contribution in [1.82, 2.24) is 14.7 Å². The van der Waals surface area contributed by atoms with Crippen molar-refractivity contribution in [1.29, 1.82) is 0 Å². The van der Waals surface area contributed by atoms with E-state index >= 15 is 0 Å². The number of rotatable bonds is 7. The Morgan fingerprint density at radius 3 is 2.57 bits per heavy atom. The van der Waals surface area contributed by atoms with E-state index in [-0.39, 0.29) is 19.1 Å². The third-order valence-electron chi connectivity index (χ3n) is 3.81. The number of nitrogens with zero attached hydrogens (tertiary/aromatic N) is 3. The van der Waals surface area contributed by atoms with Crippen LogP contribution in [0.15, 0.2) is 30.3 Å². The van der Waals surface area contributed by atoms with E-state index in [0.29, 0.717) is 13.1 Å². The second-order valence-electron chi connectivity index (χ2n) is 5.64. The van der Waals surface area contributed by atoms with Gasteiger partial charge in [-0.05, 0) is 19.4 Å². The molecule has 2 rings (SSSR count). The Morgan fingerprint density at radius 2 is 2.00 bits per heavy atom. The highest BCUT2D eigenvalue weighted by atomic mass is 16.3. The first-order chi connectivity index (χ1) is 11.0. The van der Waals surface area contributed by atoms with E-state index in [2.05, 4.69) is 10.4 Å². The molecule has 0 saturated carbocycles. The Kier molecular flexibility index (Phi) is 5.90. The summed E-state index contributed by atoms with van der Waals surface area (Å²) in [5, 5.41) is 16.4. The van der Waals surface area contributed by atoms with E-state index < -0.39 is 0 Å². The van der Waals surface area contributed by atoms with Gasteiger partial charge in [-0.1, -0.05) is 30.3 Å². The fourth-order valence-corrected chi connectivity index (χ4v) is 2.53. The van der Waals surface area contributed by atoms with E-state index in [0.717, 1.165) is 22.6 Å². The van der Waals surface area contributed by atoms with Crippen LogP contribution >= 0.6 is 0 Å². The molecular formula is C17H24N4O2. The Bertz CT molecular complexity index is 652. The van der Waals surface area contributed by atoms with Crippen LogP contribution in [0.3, 0.4) is 0 Å². The van der Waals surface area contributed by atoms with Crippen molar-refractivity contribution in [3.05, 3.63) is 47.3 Å². The van der Waals surface area contributed by atoms with Gasteiger partial charge in [0.2, 0.25) is 5.91 Å². The normalized spacial score (nSPS) is 11.0. The first-order valence-electron chi connectivity index (χ1n) is 7.68. The van der Waals surface area contributed by atoms with Gasteiger partial charge in [-0.2, -0.15) is 5.10 Å². The number of carbonyl (C=O) groups excluding carboxylic acids is 1. The van der Waals surface area contributed by atoms with Gasteiger partial charge in [0.1, 0.15) is 0 Å². The SMILES string of the molecule is Cc1nn(C)c(C)c1NC(=O)CN(CCO)Cc1ccccc1. The fourth-order valence-electron chi connectivity index (χ4n) is 2.53. The van der Waals surface area contributed by atoms with E-state index in [1.807, 2.05) is 56.1 Å². The number of nitrogens with one attached hydrogen (secondary N) is 1. The molecule has 0 spiro atoms. The van der Waals surface area contributed by atoms with Gasteiger partial charge in [-0.3, -0.25) is 14.4 Å². The van der Waals surface area contributed by atoms with Crippen molar-refractivity contribution in [2.24, 2.45) is 7.05 Å². The molecule has 1 heterocycles. The zero-order valence-corrected chi connectivity index (χ0v) is 13.9. The lowest BCUT2D eigenvalue weighted by molar-refractivity contribution is -0.117. The van der Waals surface area contributed by atoms with Crippen LogP contribution in [0.25, 0.3) is 0 Å². The average molecular weight is 316 g/mol. The molecule has 1 aromatic heterocycles. The molecule has 0 atom stereocenters. The fraction of sp³-hybridized carbons (Fsp3) is 0.412. The number of benzene rings is 1. The van der Waals surface area contributed by atoms with Crippen LogP contribution < -0.4 is 5.32 Å². The van der Waals surface area contributed by atoms with Crippen molar-refractivity contribution in [3.8, 4) is 0 Å². The van der Waals surface area contributed by atoms with Gasteiger partial charge >= 0.3 is 0 Å². The lowest BCUT2D eigenvalue weighted by Gasteiger charge is -2.21. The second-order valence-corrected chi connectivity index (χ2v) is 5.64. The number of aromatic nitrogens is 2. The van der Waals surface area contributed by atoms with Crippen LogP contribution in [0.1, 0.15) is 17.0 Å². The van der Waals surface area contributed by atoms with Gasteiger partial charge in [-0.25, -0.2) is 0 Å². The molecule has 0 bridgehead atoms. The van der Waals surface area contributed by atoms with Crippen LogP contribution in [0.4, 0.5) is 5.69 Å². The molecule has 6 heteroatoms. The van der Waals surface area contributed by atoms with Crippen molar-refractivity contribution in [3.63, 3.8) is 0 Å². The molecule has 0 aliphatic rings. The number of amides is 1. The number of aliphatic hydroxyl groups is 1. The van der Waals surface area contributed by atoms with Crippen molar-refractivity contribution in [2.45, 2.75) is 20.4 Å². The summed E-state index contributed by atoms with van der Waals surface area (Å²) in [5.41, 5.74) is 3.60. The molecule has 124 valence electrons. The molecule has 0 aliphatic carbocycles. The lowest BCUT2D eigenvalue weighted by atomic mass is 10.2. The molecule has 2 N–H and O–H groups in total. The molecule has 6 nitrogen and oxygen atoms in total. The van der Waals surface area contributed by atoms with Crippen LogP contribution in [0.2, 0.25) is 0 Å². The molecule has 23 heavy (non-hydrogen) atoms. The van der Waals surface area contributed by atoms with E-state index in [4.69, 9.17) is 0 Å². The molecule has 2 aromatic rings. The van der Waals surface area contributed by atoms with Crippen molar-refractivity contribution < 1.29 is 9.90 Å². The molecule has 1 aromatic carbocycles. The summed E-state index contributed by atoms with van der Waals surface area (Å²) in [4.78, 5) is 14.3. The Morgan fingerprint density at radius 1 is 1.30 bits per heavy atom. The van der Waals surface area contributed by atoms with E-state index in [9.17, 15) is 9.90 Å². The number of carbonyl (C=O) groups is 1. The second kappa shape index (κ2) is 7.89. The highest BCUT2D eigenvalue weighted by molar-refractivity contribution is 5.93. The van der Waals surface area contributed by atoms with Crippen LogP contribution in [-0.4, -0.2) is 45.4 Å².